The molecule has 104 valence electrons. The Labute approximate surface area is 117 Å². The Morgan fingerprint density at radius 2 is 1.95 bits per heavy atom. The minimum Gasteiger partial charge on any atom is -0.309 e. The van der Waals surface area contributed by atoms with Crippen LogP contribution in [-0.4, -0.2) is 35.6 Å². The van der Waals surface area contributed by atoms with E-state index in [0.29, 0.717) is 0 Å². The lowest BCUT2D eigenvalue weighted by Crippen LogP contribution is -2.66. The second-order valence-corrected chi connectivity index (χ2v) is 7.53. The molecule has 0 amide bonds. The first-order valence-electron chi connectivity index (χ1n) is 7.45. The minimum atomic E-state index is 0.235. The molecule has 1 aromatic carbocycles. The molecule has 0 radical (unpaired) electrons. The summed E-state index contributed by atoms with van der Waals surface area (Å²) in [6.07, 6.45) is 1.26. The molecule has 1 aliphatic heterocycles. The molecule has 2 nitrogen and oxygen atoms in total. The minimum absolute atomic E-state index is 0.235. The predicted octanol–water partition coefficient (Wildman–Crippen LogP) is 2.79. The number of hydrogen-bond donors (Lipinski definition) is 1. The first-order valence-corrected chi connectivity index (χ1v) is 7.45. The van der Waals surface area contributed by atoms with Crippen LogP contribution in [0, 0.1) is 0 Å². The second-order valence-electron chi connectivity index (χ2n) is 7.53. The largest absolute Gasteiger partial charge is 0.309 e. The maximum atomic E-state index is 3.67. The van der Waals surface area contributed by atoms with Gasteiger partial charge in [-0.2, -0.15) is 0 Å². The van der Waals surface area contributed by atoms with Gasteiger partial charge in [-0.1, -0.05) is 24.3 Å². The summed E-state index contributed by atoms with van der Waals surface area (Å²) in [7, 11) is 0. The summed E-state index contributed by atoms with van der Waals surface area (Å²) in [6, 6.07) is 8.92. The third-order valence-electron chi connectivity index (χ3n) is 4.84. The molecule has 1 saturated heterocycles. The van der Waals surface area contributed by atoms with Crippen LogP contribution in [0.15, 0.2) is 24.3 Å². The van der Waals surface area contributed by atoms with E-state index in [9.17, 15) is 0 Å². The third-order valence-corrected chi connectivity index (χ3v) is 4.84. The Morgan fingerprint density at radius 3 is 2.68 bits per heavy atom. The molecule has 1 heterocycles. The van der Waals surface area contributed by atoms with Crippen LogP contribution in [0.2, 0.25) is 0 Å². The highest BCUT2D eigenvalue weighted by molar-refractivity contribution is 5.40. The fourth-order valence-electron chi connectivity index (χ4n) is 3.42. The van der Waals surface area contributed by atoms with Gasteiger partial charge in [0.05, 0.1) is 0 Å². The van der Waals surface area contributed by atoms with Crippen molar-refractivity contribution in [2.24, 2.45) is 0 Å². The van der Waals surface area contributed by atoms with Gasteiger partial charge in [0.15, 0.2) is 0 Å². The van der Waals surface area contributed by atoms with Crippen LogP contribution in [0.25, 0.3) is 0 Å². The second kappa shape index (κ2) is 4.32. The quantitative estimate of drug-likeness (QED) is 0.877. The first kappa shape index (κ1) is 13.1. The van der Waals surface area contributed by atoms with E-state index in [0.717, 1.165) is 19.0 Å². The summed E-state index contributed by atoms with van der Waals surface area (Å²) in [5.74, 6) is 0.740. The molecular weight excluding hydrogens is 232 g/mol. The molecule has 1 fully saturated rings. The van der Waals surface area contributed by atoms with Crippen molar-refractivity contribution in [3.8, 4) is 0 Å². The van der Waals surface area contributed by atoms with E-state index in [1.165, 1.54) is 13.0 Å². The van der Waals surface area contributed by atoms with E-state index in [1.54, 1.807) is 11.1 Å². The SMILES string of the molecule is CC1(C)CN(CC2Cc3ccccc32)C(C)(C)CN1. The Hall–Kier alpha value is -0.860. The summed E-state index contributed by atoms with van der Waals surface area (Å²) in [6.45, 7) is 12.8. The summed E-state index contributed by atoms with van der Waals surface area (Å²) in [4.78, 5) is 2.68. The number of piperazine rings is 1. The van der Waals surface area contributed by atoms with Gasteiger partial charge in [-0.25, -0.2) is 0 Å². The molecule has 19 heavy (non-hydrogen) atoms. The number of rotatable bonds is 2. The maximum absolute atomic E-state index is 3.67. The topological polar surface area (TPSA) is 15.3 Å². The average Bonchev–Trinajstić information content (AvgIpc) is 2.31. The number of nitrogens with zero attached hydrogens (tertiary/aromatic N) is 1. The van der Waals surface area contributed by atoms with Gasteiger partial charge < -0.3 is 5.32 Å². The molecular formula is C17H26N2. The van der Waals surface area contributed by atoms with Crippen molar-refractivity contribution in [2.75, 3.05) is 19.6 Å². The Kier molecular flexibility index (Phi) is 2.99. The van der Waals surface area contributed by atoms with Gasteiger partial charge in [-0.15, -0.1) is 0 Å². The van der Waals surface area contributed by atoms with Crippen molar-refractivity contribution in [3.63, 3.8) is 0 Å². The third kappa shape index (κ3) is 2.44. The number of benzene rings is 1. The van der Waals surface area contributed by atoms with Crippen LogP contribution < -0.4 is 5.32 Å². The van der Waals surface area contributed by atoms with Gasteiger partial charge >= 0.3 is 0 Å². The van der Waals surface area contributed by atoms with Gasteiger partial charge in [0, 0.05) is 36.6 Å². The highest BCUT2D eigenvalue weighted by Gasteiger charge is 2.39. The van der Waals surface area contributed by atoms with Crippen molar-refractivity contribution in [1.82, 2.24) is 10.2 Å². The predicted molar refractivity (Wildman–Crippen MR) is 80.6 cm³/mol. The fraction of sp³-hybridized carbons (Fsp3) is 0.647. The number of nitrogens with one attached hydrogen (secondary N) is 1. The first-order chi connectivity index (χ1) is 8.87. The van der Waals surface area contributed by atoms with Crippen LogP contribution in [0.4, 0.5) is 0 Å². The molecule has 3 rings (SSSR count). The van der Waals surface area contributed by atoms with Crippen LogP contribution in [0.3, 0.4) is 0 Å². The fourth-order valence-corrected chi connectivity index (χ4v) is 3.42. The molecule has 0 saturated carbocycles. The van der Waals surface area contributed by atoms with Crippen LogP contribution in [0.1, 0.15) is 44.7 Å². The summed E-state index contributed by atoms with van der Waals surface area (Å²) >= 11 is 0. The number of hydrogen-bond acceptors (Lipinski definition) is 2. The highest BCUT2D eigenvalue weighted by atomic mass is 15.3. The normalized spacial score (nSPS) is 28.5. The molecule has 1 N–H and O–H groups in total. The summed E-state index contributed by atoms with van der Waals surface area (Å²) < 4.78 is 0. The summed E-state index contributed by atoms with van der Waals surface area (Å²) in [5.41, 5.74) is 3.63. The van der Waals surface area contributed by atoms with E-state index < -0.39 is 0 Å². The summed E-state index contributed by atoms with van der Waals surface area (Å²) in [5, 5.41) is 3.67. The van der Waals surface area contributed by atoms with Crippen molar-refractivity contribution < 1.29 is 0 Å². The smallest absolute Gasteiger partial charge is 0.0278 e. The Morgan fingerprint density at radius 1 is 1.21 bits per heavy atom. The van der Waals surface area contributed by atoms with Gasteiger partial charge in [0.2, 0.25) is 0 Å². The lowest BCUT2D eigenvalue weighted by atomic mass is 9.76. The molecule has 0 spiro atoms. The molecule has 2 heteroatoms. The van der Waals surface area contributed by atoms with Gasteiger partial charge in [0.1, 0.15) is 0 Å². The van der Waals surface area contributed by atoms with Crippen LogP contribution in [-0.2, 0) is 6.42 Å². The molecule has 1 aliphatic carbocycles. The lowest BCUT2D eigenvalue weighted by Gasteiger charge is -2.51. The van der Waals surface area contributed by atoms with Crippen molar-refractivity contribution in [2.45, 2.75) is 51.1 Å². The zero-order valence-corrected chi connectivity index (χ0v) is 12.7. The van der Waals surface area contributed by atoms with Crippen LogP contribution in [0.5, 0.6) is 0 Å². The van der Waals surface area contributed by atoms with Crippen molar-refractivity contribution >= 4 is 0 Å². The monoisotopic (exact) mass is 258 g/mol. The zero-order valence-electron chi connectivity index (χ0n) is 12.7. The molecule has 0 bridgehead atoms. The lowest BCUT2D eigenvalue weighted by molar-refractivity contribution is 0.0321. The van der Waals surface area contributed by atoms with Gasteiger partial charge in [-0.3, -0.25) is 4.90 Å². The van der Waals surface area contributed by atoms with Crippen molar-refractivity contribution in [3.05, 3.63) is 35.4 Å². The van der Waals surface area contributed by atoms with Crippen molar-refractivity contribution in [1.29, 1.82) is 0 Å². The van der Waals surface area contributed by atoms with E-state index >= 15 is 0 Å². The Bertz CT molecular complexity index is 476. The van der Waals surface area contributed by atoms with E-state index in [1.807, 2.05) is 0 Å². The molecule has 0 aromatic heterocycles. The van der Waals surface area contributed by atoms with Gasteiger partial charge in [0.25, 0.3) is 0 Å². The zero-order chi connectivity index (χ0) is 13.7. The molecule has 1 unspecified atom stereocenters. The molecule has 1 aromatic rings. The van der Waals surface area contributed by atoms with Crippen LogP contribution >= 0.6 is 0 Å². The van der Waals surface area contributed by atoms with E-state index in [2.05, 4.69) is 62.2 Å². The highest BCUT2D eigenvalue weighted by Crippen LogP contribution is 2.37. The standard InChI is InChI=1S/C17H26N2/c1-16(2)12-19(17(3,4)11-18-16)10-14-9-13-7-5-6-8-15(13)14/h5-8,14,18H,9-12H2,1-4H3. The maximum Gasteiger partial charge on any atom is 0.0278 e. The van der Waals surface area contributed by atoms with E-state index in [-0.39, 0.29) is 11.1 Å². The Balaban J connectivity index is 1.73. The average molecular weight is 258 g/mol. The van der Waals surface area contributed by atoms with E-state index in [4.69, 9.17) is 0 Å². The van der Waals surface area contributed by atoms with Gasteiger partial charge in [-0.05, 0) is 45.2 Å². The molecule has 1 atom stereocenters. The number of fused-ring (bicyclic) bond motifs is 1. The molecule has 2 aliphatic rings.